The lowest BCUT2D eigenvalue weighted by Gasteiger charge is -2.34. The highest BCUT2D eigenvalue weighted by molar-refractivity contribution is 5.94. The topological polar surface area (TPSA) is 53.5 Å². The molecule has 1 aromatic heterocycles. The van der Waals surface area contributed by atoms with Gasteiger partial charge in [0.15, 0.2) is 0 Å². The van der Waals surface area contributed by atoms with Crippen molar-refractivity contribution in [3.8, 4) is 0 Å². The summed E-state index contributed by atoms with van der Waals surface area (Å²) >= 11 is 0. The van der Waals surface area contributed by atoms with Crippen molar-refractivity contribution in [3.05, 3.63) is 30.1 Å². The first-order valence-corrected chi connectivity index (χ1v) is 7.74. The Kier molecular flexibility index (Phi) is 4.18. The van der Waals surface area contributed by atoms with E-state index in [1.807, 2.05) is 9.80 Å². The number of amides is 2. The maximum atomic E-state index is 12.5. The molecule has 0 bridgehead atoms. The van der Waals surface area contributed by atoms with Crippen LogP contribution < -0.4 is 0 Å². The Balaban J connectivity index is 1.65. The van der Waals surface area contributed by atoms with Gasteiger partial charge >= 0.3 is 0 Å². The van der Waals surface area contributed by atoms with Crippen LogP contribution in [0.25, 0.3) is 0 Å². The van der Waals surface area contributed by atoms with Crippen molar-refractivity contribution < 1.29 is 9.59 Å². The lowest BCUT2D eigenvalue weighted by Crippen LogP contribution is -2.46. The van der Waals surface area contributed by atoms with Gasteiger partial charge in [0, 0.05) is 44.1 Å². The number of rotatable bonds is 2. The first kappa shape index (κ1) is 14.0. The van der Waals surface area contributed by atoms with Crippen molar-refractivity contribution in [1.29, 1.82) is 0 Å². The minimum atomic E-state index is -0.0253. The molecule has 0 radical (unpaired) electrons. The molecule has 0 spiro atoms. The van der Waals surface area contributed by atoms with E-state index in [-0.39, 0.29) is 17.7 Å². The van der Waals surface area contributed by atoms with Crippen LogP contribution in [0.4, 0.5) is 0 Å². The SMILES string of the molecule is O=C(c1ccncc1)N1CCCC(C(=O)N2CCCC2)C1. The van der Waals surface area contributed by atoms with Gasteiger partial charge in [0.1, 0.15) is 0 Å². The van der Waals surface area contributed by atoms with Crippen LogP contribution >= 0.6 is 0 Å². The lowest BCUT2D eigenvalue weighted by molar-refractivity contribution is -0.135. The van der Waals surface area contributed by atoms with Crippen LogP contribution in [0.1, 0.15) is 36.0 Å². The molecule has 5 heteroatoms. The summed E-state index contributed by atoms with van der Waals surface area (Å²) in [7, 11) is 0. The minimum Gasteiger partial charge on any atom is -0.342 e. The predicted octanol–water partition coefficient (Wildman–Crippen LogP) is 1.56. The number of carbonyl (C=O) groups excluding carboxylic acids is 2. The summed E-state index contributed by atoms with van der Waals surface area (Å²) in [6.07, 6.45) is 7.28. The summed E-state index contributed by atoms with van der Waals surface area (Å²) in [5, 5.41) is 0. The summed E-state index contributed by atoms with van der Waals surface area (Å²) in [4.78, 5) is 32.7. The molecule has 21 heavy (non-hydrogen) atoms. The fourth-order valence-corrected chi connectivity index (χ4v) is 3.24. The van der Waals surface area contributed by atoms with E-state index in [0.29, 0.717) is 12.1 Å². The highest BCUT2D eigenvalue weighted by atomic mass is 16.2. The van der Waals surface area contributed by atoms with E-state index in [9.17, 15) is 9.59 Å². The Morgan fingerprint density at radius 2 is 1.67 bits per heavy atom. The fraction of sp³-hybridized carbons (Fsp3) is 0.562. The zero-order valence-corrected chi connectivity index (χ0v) is 12.2. The largest absolute Gasteiger partial charge is 0.342 e. The first-order chi connectivity index (χ1) is 10.3. The number of hydrogen-bond donors (Lipinski definition) is 0. The minimum absolute atomic E-state index is 0.0105. The van der Waals surface area contributed by atoms with Gasteiger partial charge in [-0.1, -0.05) is 0 Å². The quantitative estimate of drug-likeness (QED) is 0.829. The molecular formula is C16H21N3O2. The third kappa shape index (κ3) is 3.06. The van der Waals surface area contributed by atoms with Gasteiger partial charge in [0.05, 0.1) is 5.92 Å². The van der Waals surface area contributed by atoms with Crippen LogP contribution in [0.15, 0.2) is 24.5 Å². The van der Waals surface area contributed by atoms with Crippen LogP contribution in [0.3, 0.4) is 0 Å². The molecule has 3 rings (SSSR count). The van der Waals surface area contributed by atoms with Gasteiger partial charge in [0.2, 0.25) is 5.91 Å². The van der Waals surface area contributed by atoms with Crippen LogP contribution in [0.5, 0.6) is 0 Å². The average molecular weight is 287 g/mol. The highest BCUT2D eigenvalue weighted by Crippen LogP contribution is 2.22. The van der Waals surface area contributed by atoms with Gasteiger partial charge < -0.3 is 9.80 Å². The number of aromatic nitrogens is 1. The predicted molar refractivity (Wildman–Crippen MR) is 78.7 cm³/mol. The maximum absolute atomic E-state index is 12.5. The number of pyridine rings is 1. The molecule has 2 aliphatic heterocycles. The Labute approximate surface area is 124 Å². The Bertz CT molecular complexity index is 512. The van der Waals surface area contributed by atoms with Crippen molar-refractivity contribution in [2.24, 2.45) is 5.92 Å². The fourth-order valence-electron chi connectivity index (χ4n) is 3.24. The van der Waals surface area contributed by atoms with Gasteiger partial charge in [-0.3, -0.25) is 14.6 Å². The van der Waals surface area contributed by atoms with Crippen molar-refractivity contribution >= 4 is 11.8 Å². The molecule has 112 valence electrons. The van der Waals surface area contributed by atoms with Crippen LogP contribution in [0.2, 0.25) is 0 Å². The molecule has 2 aliphatic rings. The first-order valence-electron chi connectivity index (χ1n) is 7.74. The summed E-state index contributed by atoms with van der Waals surface area (Å²) < 4.78 is 0. The lowest BCUT2D eigenvalue weighted by atomic mass is 9.96. The third-order valence-corrected chi connectivity index (χ3v) is 4.40. The maximum Gasteiger partial charge on any atom is 0.253 e. The highest BCUT2D eigenvalue weighted by Gasteiger charge is 2.32. The molecule has 3 heterocycles. The number of piperidine rings is 1. The Morgan fingerprint density at radius 3 is 2.38 bits per heavy atom. The van der Waals surface area contributed by atoms with E-state index >= 15 is 0 Å². The number of likely N-dealkylation sites (tertiary alicyclic amines) is 2. The molecule has 1 aromatic rings. The van der Waals surface area contributed by atoms with Crippen molar-refractivity contribution in [2.45, 2.75) is 25.7 Å². The second-order valence-corrected chi connectivity index (χ2v) is 5.86. The smallest absolute Gasteiger partial charge is 0.253 e. The second kappa shape index (κ2) is 6.24. The van der Waals surface area contributed by atoms with Gasteiger partial charge in [-0.25, -0.2) is 0 Å². The van der Waals surface area contributed by atoms with Crippen LogP contribution in [-0.4, -0.2) is 52.8 Å². The monoisotopic (exact) mass is 287 g/mol. The number of nitrogens with zero attached hydrogens (tertiary/aromatic N) is 3. The molecule has 1 atom stereocenters. The summed E-state index contributed by atoms with van der Waals surface area (Å²) in [5.41, 5.74) is 0.652. The van der Waals surface area contributed by atoms with Crippen LogP contribution in [0, 0.1) is 5.92 Å². The standard InChI is InChI=1S/C16H21N3O2/c20-15(13-5-7-17-8-6-13)19-11-3-4-14(12-19)16(21)18-9-1-2-10-18/h5-8,14H,1-4,9-12H2. The van der Waals surface area contributed by atoms with Crippen LogP contribution in [-0.2, 0) is 4.79 Å². The molecule has 0 aromatic carbocycles. The number of hydrogen-bond acceptors (Lipinski definition) is 3. The van der Waals surface area contributed by atoms with E-state index in [1.165, 1.54) is 0 Å². The molecule has 0 N–H and O–H groups in total. The van der Waals surface area contributed by atoms with E-state index < -0.39 is 0 Å². The normalized spacial score (nSPS) is 22.4. The summed E-state index contributed by atoms with van der Waals surface area (Å²) in [6.45, 7) is 3.06. The zero-order valence-electron chi connectivity index (χ0n) is 12.2. The summed E-state index contributed by atoms with van der Waals surface area (Å²) in [6, 6.07) is 3.46. The second-order valence-electron chi connectivity index (χ2n) is 5.86. The van der Waals surface area contributed by atoms with Crippen molar-refractivity contribution in [1.82, 2.24) is 14.8 Å². The van der Waals surface area contributed by atoms with Crippen molar-refractivity contribution in [3.63, 3.8) is 0 Å². The summed E-state index contributed by atoms with van der Waals surface area (Å²) in [5.74, 6) is 0.221. The molecule has 2 fully saturated rings. The number of carbonyl (C=O) groups is 2. The molecule has 0 saturated carbocycles. The van der Waals surface area contributed by atoms with E-state index in [0.717, 1.165) is 45.3 Å². The molecule has 2 saturated heterocycles. The molecule has 0 aliphatic carbocycles. The average Bonchev–Trinajstić information content (AvgIpc) is 3.09. The Hall–Kier alpha value is -1.91. The van der Waals surface area contributed by atoms with Gasteiger partial charge in [-0.2, -0.15) is 0 Å². The zero-order chi connectivity index (χ0) is 14.7. The van der Waals surface area contributed by atoms with E-state index in [1.54, 1.807) is 24.5 Å². The molecule has 5 nitrogen and oxygen atoms in total. The van der Waals surface area contributed by atoms with Gasteiger partial charge in [0.25, 0.3) is 5.91 Å². The molecule has 1 unspecified atom stereocenters. The van der Waals surface area contributed by atoms with E-state index in [4.69, 9.17) is 0 Å². The van der Waals surface area contributed by atoms with Gasteiger partial charge in [-0.05, 0) is 37.8 Å². The van der Waals surface area contributed by atoms with Crippen molar-refractivity contribution in [2.75, 3.05) is 26.2 Å². The third-order valence-electron chi connectivity index (χ3n) is 4.40. The Morgan fingerprint density at radius 1 is 1.00 bits per heavy atom. The van der Waals surface area contributed by atoms with E-state index in [2.05, 4.69) is 4.98 Å². The molecular weight excluding hydrogens is 266 g/mol. The molecule has 2 amide bonds. The van der Waals surface area contributed by atoms with Gasteiger partial charge in [-0.15, -0.1) is 0 Å².